The Morgan fingerprint density at radius 3 is 2.10 bits per heavy atom. The standard InChI is InChI=1S/C6H14N2.C2H6/c1-8(2)6-3-4-7-5-6;1-2/h6-7H,3-5H2,1-2H3;1-2H3. The van der Waals surface area contributed by atoms with Crippen LogP contribution >= 0.6 is 0 Å². The van der Waals surface area contributed by atoms with Crippen LogP contribution in [-0.2, 0) is 0 Å². The van der Waals surface area contributed by atoms with E-state index in [1.807, 2.05) is 13.8 Å². The Morgan fingerprint density at radius 2 is 1.90 bits per heavy atom. The SMILES string of the molecule is CC.CN(C)C1CCNC1. The topological polar surface area (TPSA) is 15.3 Å². The first kappa shape index (κ1) is 9.92. The third-order valence-electron chi connectivity index (χ3n) is 1.76. The van der Waals surface area contributed by atoms with Gasteiger partial charge in [-0.05, 0) is 27.1 Å². The van der Waals surface area contributed by atoms with Gasteiger partial charge in [0, 0.05) is 12.6 Å². The van der Waals surface area contributed by atoms with Crippen LogP contribution in [0, 0.1) is 0 Å². The average molecular weight is 144 g/mol. The monoisotopic (exact) mass is 144 g/mol. The van der Waals surface area contributed by atoms with Gasteiger partial charge in [0.1, 0.15) is 0 Å². The van der Waals surface area contributed by atoms with E-state index >= 15 is 0 Å². The van der Waals surface area contributed by atoms with Crippen LogP contribution in [0.5, 0.6) is 0 Å². The highest BCUT2D eigenvalue weighted by molar-refractivity contribution is 4.76. The van der Waals surface area contributed by atoms with Crippen LogP contribution in [0.25, 0.3) is 0 Å². The summed E-state index contributed by atoms with van der Waals surface area (Å²) in [6, 6.07) is 0.787. The molecule has 0 aromatic carbocycles. The van der Waals surface area contributed by atoms with E-state index in [1.54, 1.807) is 0 Å². The van der Waals surface area contributed by atoms with Crippen LogP contribution in [0.3, 0.4) is 0 Å². The molecule has 1 fully saturated rings. The van der Waals surface area contributed by atoms with E-state index in [1.165, 1.54) is 19.5 Å². The molecule has 62 valence electrons. The molecule has 1 saturated heterocycles. The molecule has 1 N–H and O–H groups in total. The molecule has 0 radical (unpaired) electrons. The Morgan fingerprint density at radius 1 is 1.30 bits per heavy atom. The Labute approximate surface area is 64.6 Å². The summed E-state index contributed by atoms with van der Waals surface area (Å²) in [4.78, 5) is 2.28. The van der Waals surface area contributed by atoms with E-state index in [-0.39, 0.29) is 0 Å². The molecule has 0 aromatic heterocycles. The largest absolute Gasteiger partial charge is 0.315 e. The molecule has 0 amide bonds. The highest BCUT2D eigenvalue weighted by Gasteiger charge is 2.14. The van der Waals surface area contributed by atoms with E-state index in [9.17, 15) is 0 Å². The molecule has 2 nitrogen and oxygen atoms in total. The number of likely N-dealkylation sites (N-methyl/N-ethyl adjacent to an activating group) is 1. The van der Waals surface area contributed by atoms with Gasteiger partial charge < -0.3 is 10.2 Å². The minimum Gasteiger partial charge on any atom is -0.315 e. The molecule has 10 heavy (non-hydrogen) atoms. The molecule has 0 spiro atoms. The molecular formula is C8H20N2. The fraction of sp³-hybridized carbons (Fsp3) is 1.00. The zero-order valence-electron chi connectivity index (χ0n) is 7.65. The third kappa shape index (κ3) is 3.18. The second-order valence-electron chi connectivity index (χ2n) is 2.61. The summed E-state index contributed by atoms with van der Waals surface area (Å²) < 4.78 is 0. The molecule has 1 aliphatic heterocycles. The summed E-state index contributed by atoms with van der Waals surface area (Å²) in [7, 11) is 4.27. The molecule has 1 unspecified atom stereocenters. The normalized spacial score (nSPS) is 24.3. The van der Waals surface area contributed by atoms with Crippen LogP contribution in [-0.4, -0.2) is 38.1 Å². The van der Waals surface area contributed by atoms with E-state index in [0.29, 0.717) is 0 Å². The lowest BCUT2D eigenvalue weighted by Gasteiger charge is -2.16. The van der Waals surface area contributed by atoms with Gasteiger partial charge in [-0.2, -0.15) is 0 Å². The molecule has 1 aliphatic rings. The number of nitrogens with zero attached hydrogens (tertiary/aromatic N) is 1. The van der Waals surface area contributed by atoms with Gasteiger partial charge in [-0.3, -0.25) is 0 Å². The van der Waals surface area contributed by atoms with Gasteiger partial charge in [-0.15, -0.1) is 0 Å². The summed E-state index contributed by atoms with van der Waals surface area (Å²) in [5.41, 5.74) is 0. The smallest absolute Gasteiger partial charge is 0.0226 e. The highest BCUT2D eigenvalue weighted by atomic mass is 15.1. The quantitative estimate of drug-likeness (QED) is 0.589. The lowest BCUT2D eigenvalue weighted by Crippen LogP contribution is -2.29. The molecule has 1 rings (SSSR count). The summed E-state index contributed by atoms with van der Waals surface area (Å²) in [6.45, 7) is 6.37. The van der Waals surface area contributed by atoms with Gasteiger partial charge in [-0.1, -0.05) is 13.8 Å². The van der Waals surface area contributed by atoms with Crippen molar-refractivity contribution in [3.8, 4) is 0 Å². The molecule has 2 heteroatoms. The maximum atomic E-state index is 3.31. The molecule has 0 aromatic rings. The van der Waals surface area contributed by atoms with Gasteiger partial charge in [0.2, 0.25) is 0 Å². The second kappa shape index (κ2) is 5.69. The number of hydrogen-bond donors (Lipinski definition) is 1. The molecule has 1 heterocycles. The van der Waals surface area contributed by atoms with Gasteiger partial charge >= 0.3 is 0 Å². The van der Waals surface area contributed by atoms with E-state index < -0.39 is 0 Å². The maximum Gasteiger partial charge on any atom is 0.0226 e. The van der Waals surface area contributed by atoms with Crippen LogP contribution in [0.1, 0.15) is 20.3 Å². The van der Waals surface area contributed by atoms with Crippen molar-refractivity contribution < 1.29 is 0 Å². The molecule has 0 saturated carbocycles. The average Bonchev–Trinajstić information content (AvgIpc) is 2.42. The summed E-state index contributed by atoms with van der Waals surface area (Å²) in [5.74, 6) is 0. The molecule has 1 atom stereocenters. The van der Waals surface area contributed by atoms with Gasteiger partial charge in [0.15, 0.2) is 0 Å². The van der Waals surface area contributed by atoms with E-state index in [2.05, 4.69) is 24.3 Å². The summed E-state index contributed by atoms with van der Waals surface area (Å²) in [6.07, 6.45) is 1.31. The third-order valence-corrected chi connectivity index (χ3v) is 1.76. The lowest BCUT2D eigenvalue weighted by atomic mass is 10.2. The Kier molecular flexibility index (Phi) is 5.64. The van der Waals surface area contributed by atoms with Crippen molar-refractivity contribution >= 4 is 0 Å². The fourth-order valence-corrected chi connectivity index (χ4v) is 1.08. The van der Waals surface area contributed by atoms with Gasteiger partial charge in [0.05, 0.1) is 0 Å². The summed E-state index contributed by atoms with van der Waals surface area (Å²) in [5, 5.41) is 3.31. The Bertz CT molecular complexity index is 65.7. The van der Waals surface area contributed by atoms with Crippen molar-refractivity contribution in [2.24, 2.45) is 0 Å². The predicted molar refractivity (Wildman–Crippen MR) is 46.3 cm³/mol. The first-order valence-electron chi connectivity index (χ1n) is 4.18. The zero-order valence-corrected chi connectivity index (χ0v) is 7.65. The van der Waals surface area contributed by atoms with Crippen molar-refractivity contribution in [1.29, 1.82) is 0 Å². The molecule has 0 aliphatic carbocycles. The number of rotatable bonds is 1. The molecular weight excluding hydrogens is 124 g/mol. The second-order valence-corrected chi connectivity index (χ2v) is 2.61. The van der Waals surface area contributed by atoms with Crippen LogP contribution in [0.2, 0.25) is 0 Å². The Hall–Kier alpha value is -0.0800. The lowest BCUT2D eigenvalue weighted by molar-refractivity contribution is 0.313. The van der Waals surface area contributed by atoms with Crippen molar-refractivity contribution in [2.45, 2.75) is 26.3 Å². The Balaban J connectivity index is 0.000000371. The summed E-state index contributed by atoms with van der Waals surface area (Å²) >= 11 is 0. The predicted octanol–water partition coefficient (Wildman–Crippen LogP) is 0.936. The zero-order chi connectivity index (χ0) is 7.98. The fourth-order valence-electron chi connectivity index (χ4n) is 1.08. The van der Waals surface area contributed by atoms with Gasteiger partial charge in [0.25, 0.3) is 0 Å². The molecule has 0 bridgehead atoms. The van der Waals surface area contributed by atoms with Crippen molar-refractivity contribution in [3.05, 3.63) is 0 Å². The van der Waals surface area contributed by atoms with Crippen LogP contribution < -0.4 is 5.32 Å². The van der Waals surface area contributed by atoms with Crippen LogP contribution in [0.4, 0.5) is 0 Å². The van der Waals surface area contributed by atoms with Crippen molar-refractivity contribution in [1.82, 2.24) is 10.2 Å². The first-order chi connectivity index (χ1) is 4.80. The van der Waals surface area contributed by atoms with Gasteiger partial charge in [-0.25, -0.2) is 0 Å². The number of hydrogen-bond acceptors (Lipinski definition) is 2. The maximum absolute atomic E-state index is 3.31. The van der Waals surface area contributed by atoms with E-state index in [4.69, 9.17) is 0 Å². The minimum absolute atomic E-state index is 0.787. The van der Waals surface area contributed by atoms with Crippen molar-refractivity contribution in [3.63, 3.8) is 0 Å². The highest BCUT2D eigenvalue weighted by Crippen LogP contribution is 2.01. The van der Waals surface area contributed by atoms with E-state index in [0.717, 1.165) is 6.04 Å². The first-order valence-corrected chi connectivity index (χ1v) is 4.18. The van der Waals surface area contributed by atoms with Crippen molar-refractivity contribution in [2.75, 3.05) is 27.2 Å². The number of nitrogens with one attached hydrogen (secondary N) is 1. The minimum atomic E-state index is 0.787. The van der Waals surface area contributed by atoms with Crippen LogP contribution in [0.15, 0.2) is 0 Å².